The average Bonchev–Trinajstić information content (AvgIpc) is 2.68. The number of oxime groups is 1. The lowest BCUT2D eigenvalue weighted by atomic mass is 10.0. The van der Waals surface area contributed by atoms with Crippen molar-refractivity contribution in [3.05, 3.63) is 0 Å². The molecule has 1 aliphatic heterocycles. The molecule has 1 heterocycles. The van der Waals surface area contributed by atoms with Crippen LogP contribution in [0.25, 0.3) is 0 Å². The van der Waals surface area contributed by atoms with E-state index in [0.29, 0.717) is 0 Å². The Morgan fingerprint density at radius 1 is 1.33 bits per heavy atom. The number of hydrogen-bond acceptors (Lipinski definition) is 4. The van der Waals surface area contributed by atoms with Crippen molar-refractivity contribution in [3.63, 3.8) is 0 Å². The summed E-state index contributed by atoms with van der Waals surface area (Å²) >= 11 is 0. The molecule has 2 N–H and O–H groups in total. The summed E-state index contributed by atoms with van der Waals surface area (Å²) in [7, 11) is 0. The first-order valence-electron chi connectivity index (χ1n) is 5.94. The lowest BCUT2D eigenvalue weighted by Gasteiger charge is -2.10. The highest BCUT2D eigenvalue weighted by molar-refractivity contribution is 6.36. The Balaban J connectivity index is 1.91. The molecular weight excluding hydrogens is 236 g/mol. The van der Waals surface area contributed by atoms with E-state index >= 15 is 0 Å². The van der Waals surface area contributed by atoms with Crippen LogP contribution in [0.3, 0.4) is 0 Å². The predicted molar refractivity (Wildman–Crippen MR) is 64.1 cm³/mol. The van der Waals surface area contributed by atoms with Gasteiger partial charge in [-0.25, -0.2) is 4.79 Å². The maximum atomic E-state index is 11.9. The summed E-state index contributed by atoms with van der Waals surface area (Å²) in [4.78, 5) is 27.5. The zero-order valence-electron chi connectivity index (χ0n) is 11.0. The van der Waals surface area contributed by atoms with Crippen molar-refractivity contribution in [2.24, 2.45) is 16.0 Å². The minimum absolute atomic E-state index is 0.0226. The van der Waals surface area contributed by atoms with E-state index in [1.165, 1.54) is 0 Å². The Morgan fingerprint density at radius 2 is 1.89 bits per heavy atom. The van der Waals surface area contributed by atoms with Crippen molar-refractivity contribution >= 4 is 17.6 Å². The maximum Gasteiger partial charge on any atom is 0.353 e. The molecule has 0 bridgehead atoms. The van der Waals surface area contributed by atoms with Gasteiger partial charge in [-0.2, -0.15) is 0 Å². The molecule has 18 heavy (non-hydrogen) atoms. The van der Waals surface area contributed by atoms with Crippen LogP contribution in [0, 0.1) is 10.8 Å². The van der Waals surface area contributed by atoms with Gasteiger partial charge in [0, 0.05) is 12.5 Å². The Hall–Kier alpha value is -1.59. The topological polar surface area (TPSA) is 88.0 Å². The third kappa shape index (κ3) is 1.76. The van der Waals surface area contributed by atoms with Gasteiger partial charge in [-0.3, -0.25) is 4.79 Å². The second-order valence-corrected chi connectivity index (χ2v) is 6.03. The molecule has 0 saturated heterocycles. The SMILES string of the molecule is CC1(C)C(NC(=O)C2CC(C(=O)O)=NO2)C1(C)C. The van der Waals surface area contributed by atoms with Crippen LogP contribution in [-0.4, -0.2) is 34.8 Å². The molecule has 1 fully saturated rings. The van der Waals surface area contributed by atoms with Gasteiger partial charge in [0.1, 0.15) is 0 Å². The lowest BCUT2D eigenvalue weighted by Crippen LogP contribution is -2.38. The van der Waals surface area contributed by atoms with Gasteiger partial charge in [0.2, 0.25) is 6.10 Å². The molecule has 1 unspecified atom stereocenters. The van der Waals surface area contributed by atoms with Gasteiger partial charge < -0.3 is 15.3 Å². The highest BCUT2D eigenvalue weighted by Gasteiger charge is 2.65. The van der Waals surface area contributed by atoms with Crippen LogP contribution < -0.4 is 5.32 Å². The number of hydrogen-bond donors (Lipinski definition) is 2. The highest BCUT2D eigenvalue weighted by Crippen LogP contribution is 2.62. The zero-order chi connectivity index (χ0) is 13.7. The summed E-state index contributed by atoms with van der Waals surface area (Å²) in [5.74, 6) is -1.43. The van der Waals surface area contributed by atoms with Crippen LogP contribution in [-0.2, 0) is 14.4 Å². The summed E-state index contributed by atoms with van der Waals surface area (Å²) in [5.41, 5.74) is -0.0281. The van der Waals surface area contributed by atoms with Crippen molar-refractivity contribution in [2.75, 3.05) is 0 Å². The van der Waals surface area contributed by atoms with Crippen molar-refractivity contribution in [2.45, 2.75) is 46.3 Å². The average molecular weight is 254 g/mol. The van der Waals surface area contributed by atoms with Gasteiger partial charge in [0.15, 0.2) is 5.71 Å². The fourth-order valence-electron chi connectivity index (χ4n) is 2.44. The van der Waals surface area contributed by atoms with Gasteiger partial charge >= 0.3 is 5.97 Å². The smallest absolute Gasteiger partial charge is 0.353 e. The molecule has 0 spiro atoms. The van der Waals surface area contributed by atoms with E-state index in [1.807, 2.05) is 0 Å². The summed E-state index contributed by atoms with van der Waals surface area (Å²) < 4.78 is 0. The summed E-state index contributed by atoms with van der Waals surface area (Å²) in [6.07, 6.45) is -0.794. The molecule has 6 heteroatoms. The Kier molecular flexibility index (Phi) is 2.64. The number of carboxylic acids is 1. The van der Waals surface area contributed by atoms with Crippen LogP contribution in [0.1, 0.15) is 34.1 Å². The number of amides is 1. The largest absolute Gasteiger partial charge is 0.477 e. The van der Waals surface area contributed by atoms with Crippen molar-refractivity contribution in [1.82, 2.24) is 5.32 Å². The number of nitrogens with zero attached hydrogens (tertiary/aromatic N) is 1. The lowest BCUT2D eigenvalue weighted by molar-refractivity contribution is -0.131. The number of carbonyl (C=O) groups is 2. The molecule has 0 aromatic carbocycles. The van der Waals surface area contributed by atoms with Crippen LogP contribution in [0.4, 0.5) is 0 Å². The van der Waals surface area contributed by atoms with Gasteiger partial charge in [-0.05, 0) is 10.8 Å². The summed E-state index contributed by atoms with van der Waals surface area (Å²) in [6, 6.07) is 0.0787. The highest BCUT2D eigenvalue weighted by atomic mass is 16.6. The molecule has 1 atom stereocenters. The number of aliphatic carboxylic acids is 1. The van der Waals surface area contributed by atoms with Crippen LogP contribution in [0.5, 0.6) is 0 Å². The first kappa shape index (κ1) is 12.9. The molecule has 100 valence electrons. The molecule has 1 aliphatic carbocycles. The number of rotatable bonds is 3. The second-order valence-electron chi connectivity index (χ2n) is 6.03. The third-order valence-electron chi connectivity index (χ3n) is 4.52. The standard InChI is InChI=1S/C12H18N2O4/c1-11(2)10(12(11,3)4)13-8(15)7-5-6(9(16)17)14-18-7/h7,10H,5H2,1-4H3,(H,13,15)(H,16,17). The van der Waals surface area contributed by atoms with E-state index in [9.17, 15) is 9.59 Å². The Bertz CT molecular complexity index is 425. The van der Waals surface area contributed by atoms with Gasteiger partial charge in [-0.1, -0.05) is 32.9 Å². The normalized spacial score (nSPS) is 28.2. The van der Waals surface area contributed by atoms with Gasteiger partial charge in [0.05, 0.1) is 0 Å². The molecule has 2 aliphatic rings. The summed E-state index contributed by atoms with van der Waals surface area (Å²) in [6.45, 7) is 8.36. The molecule has 0 aromatic heterocycles. The maximum absolute atomic E-state index is 11.9. The Morgan fingerprint density at radius 3 is 2.28 bits per heavy atom. The minimum atomic E-state index is -1.14. The van der Waals surface area contributed by atoms with E-state index in [2.05, 4.69) is 38.2 Å². The Labute approximate surface area is 105 Å². The first-order valence-corrected chi connectivity index (χ1v) is 5.94. The third-order valence-corrected chi connectivity index (χ3v) is 4.52. The molecular formula is C12H18N2O4. The number of nitrogens with one attached hydrogen (secondary N) is 1. The van der Waals surface area contributed by atoms with Crippen LogP contribution in [0.2, 0.25) is 0 Å². The molecule has 6 nitrogen and oxygen atoms in total. The second kappa shape index (κ2) is 3.70. The molecule has 2 rings (SSSR count). The van der Waals surface area contributed by atoms with E-state index in [4.69, 9.17) is 9.94 Å². The molecule has 1 saturated carbocycles. The molecule has 0 aromatic rings. The number of carboxylic acid groups (broad SMARTS) is 1. The van der Waals surface area contributed by atoms with Crippen LogP contribution in [0.15, 0.2) is 5.16 Å². The van der Waals surface area contributed by atoms with E-state index < -0.39 is 12.1 Å². The fraction of sp³-hybridized carbons (Fsp3) is 0.750. The van der Waals surface area contributed by atoms with E-state index in [1.54, 1.807) is 0 Å². The quantitative estimate of drug-likeness (QED) is 0.778. The van der Waals surface area contributed by atoms with Crippen LogP contribution >= 0.6 is 0 Å². The molecule has 1 amide bonds. The van der Waals surface area contributed by atoms with E-state index in [0.717, 1.165) is 0 Å². The van der Waals surface area contributed by atoms with Crippen molar-refractivity contribution in [1.29, 1.82) is 0 Å². The predicted octanol–water partition coefficient (Wildman–Crippen LogP) is 0.767. The zero-order valence-corrected chi connectivity index (χ0v) is 11.0. The van der Waals surface area contributed by atoms with Crippen molar-refractivity contribution < 1.29 is 19.5 Å². The minimum Gasteiger partial charge on any atom is -0.477 e. The molecule has 0 radical (unpaired) electrons. The monoisotopic (exact) mass is 254 g/mol. The number of carbonyl (C=O) groups excluding carboxylic acids is 1. The van der Waals surface area contributed by atoms with E-state index in [-0.39, 0.29) is 34.9 Å². The first-order chi connectivity index (χ1) is 8.18. The fourth-order valence-corrected chi connectivity index (χ4v) is 2.44. The van der Waals surface area contributed by atoms with Gasteiger partial charge in [-0.15, -0.1) is 0 Å². The van der Waals surface area contributed by atoms with Crippen molar-refractivity contribution in [3.8, 4) is 0 Å². The van der Waals surface area contributed by atoms with Gasteiger partial charge in [0.25, 0.3) is 5.91 Å². The summed E-state index contributed by atoms with van der Waals surface area (Å²) in [5, 5.41) is 15.0.